The van der Waals surface area contributed by atoms with Crippen LogP contribution in [0.2, 0.25) is 0 Å². The van der Waals surface area contributed by atoms with E-state index in [0.717, 1.165) is 28.0 Å². The zero-order valence-corrected chi connectivity index (χ0v) is 19.9. The molecule has 0 radical (unpaired) electrons. The van der Waals surface area contributed by atoms with Gasteiger partial charge in [-0.2, -0.15) is 4.31 Å². The lowest BCUT2D eigenvalue weighted by atomic mass is 9.97. The second-order valence-corrected chi connectivity index (χ2v) is 10.4. The minimum Gasteiger partial charge on any atom is -0.338 e. The first kappa shape index (κ1) is 23.0. The van der Waals surface area contributed by atoms with Crippen LogP contribution in [0.25, 0.3) is 28.5 Å². The van der Waals surface area contributed by atoms with Crippen LogP contribution >= 0.6 is 0 Å². The maximum atomic E-state index is 12.8. The molecular formula is C27H26N4O3S. The topological polar surface area (TPSA) is 95.2 Å². The third-order valence-electron chi connectivity index (χ3n) is 6.23. The fourth-order valence-electron chi connectivity index (χ4n) is 4.23. The van der Waals surface area contributed by atoms with Crippen LogP contribution in [-0.2, 0) is 14.8 Å². The molecule has 1 fully saturated rings. The average Bonchev–Trinajstić information content (AvgIpc) is 3.33. The van der Waals surface area contributed by atoms with Crippen LogP contribution in [0.5, 0.6) is 0 Å². The van der Waals surface area contributed by atoms with Crippen LogP contribution in [0.1, 0.15) is 18.4 Å². The number of imidazole rings is 1. The van der Waals surface area contributed by atoms with Gasteiger partial charge >= 0.3 is 0 Å². The number of nitrogens with zero attached hydrogens (tertiary/aromatic N) is 2. The number of hydrogen-bond acceptors (Lipinski definition) is 4. The fraction of sp³-hybridized carbons (Fsp3) is 0.185. The molecule has 2 N–H and O–H groups in total. The highest BCUT2D eigenvalue weighted by Gasteiger charge is 2.30. The molecule has 178 valence electrons. The number of rotatable bonds is 6. The van der Waals surface area contributed by atoms with Crippen molar-refractivity contribution in [2.24, 2.45) is 5.92 Å². The zero-order chi connectivity index (χ0) is 24.3. The van der Waals surface area contributed by atoms with E-state index >= 15 is 0 Å². The van der Waals surface area contributed by atoms with Gasteiger partial charge in [0.1, 0.15) is 5.82 Å². The van der Waals surface area contributed by atoms with Gasteiger partial charge in [0.15, 0.2) is 0 Å². The van der Waals surface area contributed by atoms with E-state index in [-0.39, 0.29) is 11.8 Å². The predicted molar refractivity (Wildman–Crippen MR) is 139 cm³/mol. The van der Waals surface area contributed by atoms with Crippen LogP contribution in [0.15, 0.2) is 84.3 Å². The standard InChI is InChI=1S/C27H26N4O3S/c32-27(22-14-17-31(18-15-22)35(33,34)19-16-20-6-2-1-3-7-20)28-23-12-10-21(11-13-23)26-29-24-8-4-5-9-25(24)30-26/h1-13,16,19,22H,14-15,17-18H2,(H,28,32)(H,29,30)/b19-16+. The maximum Gasteiger partial charge on any atom is 0.236 e. The summed E-state index contributed by atoms with van der Waals surface area (Å²) in [5.41, 5.74) is 4.35. The van der Waals surface area contributed by atoms with E-state index in [9.17, 15) is 13.2 Å². The molecule has 1 aliphatic rings. The smallest absolute Gasteiger partial charge is 0.236 e. The van der Waals surface area contributed by atoms with Crippen LogP contribution in [0.3, 0.4) is 0 Å². The minimum atomic E-state index is -3.52. The summed E-state index contributed by atoms with van der Waals surface area (Å²) in [5, 5.41) is 4.21. The van der Waals surface area contributed by atoms with Crippen molar-refractivity contribution in [2.45, 2.75) is 12.8 Å². The van der Waals surface area contributed by atoms with Crippen molar-refractivity contribution < 1.29 is 13.2 Å². The van der Waals surface area contributed by atoms with E-state index in [1.165, 1.54) is 9.71 Å². The molecule has 0 bridgehead atoms. The number of carbonyl (C=O) groups is 1. The number of hydrogen-bond donors (Lipinski definition) is 2. The zero-order valence-electron chi connectivity index (χ0n) is 19.1. The fourth-order valence-corrected chi connectivity index (χ4v) is 5.45. The molecule has 1 amide bonds. The number of aromatic amines is 1. The summed E-state index contributed by atoms with van der Waals surface area (Å²) >= 11 is 0. The Morgan fingerprint density at radius 2 is 1.63 bits per heavy atom. The monoisotopic (exact) mass is 486 g/mol. The summed E-state index contributed by atoms with van der Waals surface area (Å²) < 4.78 is 26.8. The van der Waals surface area contributed by atoms with Gasteiger partial charge in [0.05, 0.1) is 11.0 Å². The lowest BCUT2D eigenvalue weighted by molar-refractivity contribution is -0.120. The first-order chi connectivity index (χ1) is 17.0. The van der Waals surface area contributed by atoms with E-state index in [0.29, 0.717) is 31.6 Å². The van der Waals surface area contributed by atoms with Gasteiger partial charge in [-0.1, -0.05) is 42.5 Å². The van der Waals surface area contributed by atoms with E-state index in [1.54, 1.807) is 6.08 Å². The van der Waals surface area contributed by atoms with Crippen LogP contribution in [0, 0.1) is 5.92 Å². The number of amides is 1. The van der Waals surface area contributed by atoms with Gasteiger partial charge in [-0.25, -0.2) is 13.4 Å². The molecule has 0 spiro atoms. The molecule has 0 unspecified atom stereocenters. The SMILES string of the molecule is O=C(Nc1ccc(-c2nc3ccccc3[nH]2)cc1)C1CCN(S(=O)(=O)/C=C/c2ccccc2)CC1. The molecule has 2 heterocycles. The predicted octanol–water partition coefficient (Wildman–Crippen LogP) is 4.88. The molecule has 35 heavy (non-hydrogen) atoms. The van der Waals surface area contributed by atoms with Crippen molar-refractivity contribution in [3.63, 3.8) is 0 Å². The largest absolute Gasteiger partial charge is 0.338 e. The molecule has 7 nitrogen and oxygen atoms in total. The van der Waals surface area contributed by atoms with Gasteiger partial charge in [-0.15, -0.1) is 0 Å². The molecule has 4 aromatic rings. The number of para-hydroxylation sites is 2. The summed E-state index contributed by atoms with van der Waals surface area (Å²) in [4.78, 5) is 20.7. The Bertz CT molecular complexity index is 1420. The van der Waals surface area contributed by atoms with Crippen molar-refractivity contribution in [1.82, 2.24) is 14.3 Å². The maximum absolute atomic E-state index is 12.8. The van der Waals surface area contributed by atoms with Gasteiger partial charge in [0.2, 0.25) is 15.9 Å². The number of carbonyl (C=O) groups excluding carboxylic acids is 1. The quantitative estimate of drug-likeness (QED) is 0.406. The lowest BCUT2D eigenvalue weighted by Crippen LogP contribution is -2.40. The third-order valence-corrected chi connectivity index (χ3v) is 7.80. The number of benzene rings is 3. The van der Waals surface area contributed by atoms with Crippen LogP contribution in [-0.4, -0.2) is 41.7 Å². The summed E-state index contributed by atoms with van der Waals surface area (Å²) in [5.74, 6) is 0.465. The summed E-state index contributed by atoms with van der Waals surface area (Å²) in [6, 6.07) is 24.7. The van der Waals surface area contributed by atoms with Gasteiger partial charge in [-0.05, 0) is 60.9 Å². The highest BCUT2D eigenvalue weighted by atomic mass is 32.2. The molecule has 1 aliphatic heterocycles. The molecule has 8 heteroatoms. The van der Waals surface area contributed by atoms with Crippen molar-refractivity contribution in [3.05, 3.63) is 89.8 Å². The van der Waals surface area contributed by atoms with Gasteiger partial charge < -0.3 is 10.3 Å². The van der Waals surface area contributed by atoms with Crippen molar-refractivity contribution in [3.8, 4) is 11.4 Å². The number of anilines is 1. The number of fused-ring (bicyclic) bond motifs is 1. The van der Waals surface area contributed by atoms with E-state index < -0.39 is 10.0 Å². The Balaban J connectivity index is 1.16. The van der Waals surface area contributed by atoms with Crippen molar-refractivity contribution in [1.29, 1.82) is 0 Å². The number of piperidine rings is 1. The molecule has 1 saturated heterocycles. The highest BCUT2D eigenvalue weighted by Crippen LogP contribution is 2.25. The third kappa shape index (κ3) is 5.34. The van der Waals surface area contributed by atoms with Gasteiger partial charge in [-0.3, -0.25) is 4.79 Å². The summed E-state index contributed by atoms with van der Waals surface area (Å²) in [6.07, 6.45) is 2.58. The van der Waals surface area contributed by atoms with Crippen molar-refractivity contribution in [2.75, 3.05) is 18.4 Å². The molecule has 0 aliphatic carbocycles. The average molecular weight is 487 g/mol. The number of aromatic nitrogens is 2. The number of sulfonamides is 1. The van der Waals surface area contributed by atoms with E-state index in [4.69, 9.17) is 0 Å². The molecule has 0 saturated carbocycles. The molecule has 5 rings (SSSR count). The van der Waals surface area contributed by atoms with Gasteiger partial charge in [0, 0.05) is 35.7 Å². The highest BCUT2D eigenvalue weighted by molar-refractivity contribution is 7.92. The minimum absolute atomic E-state index is 0.0848. The Morgan fingerprint density at radius 3 is 2.34 bits per heavy atom. The van der Waals surface area contributed by atoms with E-state index in [2.05, 4.69) is 15.3 Å². The Morgan fingerprint density at radius 1 is 0.943 bits per heavy atom. The number of nitrogens with one attached hydrogen (secondary N) is 2. The molecule has 0 atom stereocenters. The van der Waals surface area contributed by atoms with Crippen LogP contribution in [0.4, 0.5) is 5.69 Å². The first-order valence-corrected chi connectivity index (χ1v) is 13.1. The van der Waals surface area contributed by atoms with Crippen molar-refractivity contribution >= 4 is 38.7 Å². The second kappa shape index (κ2) is 9.85. The molecular weight excluding hydrogens is 460 g/mol. The Labute approximate surface area is 204 Å². The molecule has 3 aromatic carbocycles. The second-order valence-electron chi connectivity index (χ2n) is 8.60. The molecule has 1 aromatic heterocycles. The van der Waals surface area contributed by atoms with Crippen LogP contribution < -0.4 is 5.32 Å². The van der Waals surface area contributed by atoms with E-state index in [1.807, 2.05) is 78.9 Å². The Hall–Kier alpha value is -3.75. The first-order valence-electron chi connectivity index (χ1n) is 11.6. The Kier molecular flexibility index (Phi) is 6.48. The summed E-state index contributed by atoms with van der Waals surface area (Å²) in [6.45, 7) is 0.648. The van der Waals surface area contributed by atoms with Gasteiger partial charge in [0.25, 0.3) is 0 Å². The normalized spacial score (nSPS) is 15.5. The summed E-state index contributed by atoms with van der Waals surface area (Å²) in [7, 11) is -3.52. The lowest BCUT2D eigenvalue weighted by Gasteiger charge is -2.29. The number of H-pyrrole nitrogens is 1.